The summed E-state index contributed by atoms with van der Waals surface area (Å²) in [5, 5.41) is 11.7. The molecular formula is C13H20N2O3. The first kappa shape index (κ1) is 14.3. The molecular weight excluding hydrogens is 232 g/mol. The summed E-state index contributed by atoms with van der Waals surface area (Å²) in [4.78, 5) is 0. The van der Waals surface area contributed by atoms with Gasteiger partial charge in [0.25, 0.3) is 0 Å². The molecule has 0 heterocycles. The van der Waals surface area contributed by atoms with Crippen LogP contribution in [0.25, 0.3) is 0 Å². The lowest BCUT2D eigenvalue weighted by Crippen LogP contribution is -2.17. The fourth-order valence-electron chi connectivity index (χ4n) is 1.45. The van der Waals surface area contributed by atoms with Crippen LogP contribution in [0.4, 0.5) is 0 Å². The van der Waals surface area contributed by atoms with Gasteiger partial charge in [-0.15, -0.1) is 0 Å². The van der Waals surface area contributed by atoms with E-state index in [0.29, 0.717) is 24.5 Å². The summed E-state index contributed by atoms with van der Waals surface area (Å²) in [5.41, 5.74) is 7.21. The lowest BCUT2D eigenvalue weighted by atomic mass is 10.1. The predicted molar refractivity (Wildman–Crippen MR) is 70.3 cm³/mol. The molecule has 0 saturated heterocycles. The SMILES string of the molecule is Cc1ccc(/C(N)=N/O)c(OCCOC(C)C)c1. The minimum Gasteiger partial charge on any atom is -0.490 e. The van der Waals surface area contributed by atoms with Crippen molar-refractivity contribution in [1.29, 1.82) is 0 Å². The number of benzene rings is 1. The Hall–Kier alpha value is -1.75. The Bertz CT molecular complexity index is 417. The summed E-state index contributed by atoms with van der Waals surface area (Å²) >= 11 is 0. The lowest BCUT2D eigenvalue weighted by molar-refractivity contribution is 0.0552. The highest BCUT2D eigenvalue weighted by Gasteiger charge is 2.08. The number of amidine groups is 1. The summed E-state index contributed by atoms with van der Waals surface area (Å²) in [6.07, 6.45) is 0.176. The third-order valence-electron chi connectivity index (χ3n) is 2.31. The summed E-state index contributed by atoms with van der Waals surface area (Å²) < 4.78 is 11.0. The van der Waals surface area contributed by atoms with E-state index in [2.05, 4.69) is 5.16 Å². The molecule has 0 saturated carbocycles. The van der Waals surface area contributed by atoms with Crippen LogP contribution in [0.5, 0.6) is 5.75 Å². The van der Waals surface area contributed by atoms with Crippen LogP contribution in [-0.4, -0.2) is 30.4 Å². The fourth-order valence-corrected chi connectivity index (χ4v) is 1.45. The quantitative estimate of drug-likeness (QED) is 0.266. The Morgan fingerprint density at radius 1 is 1.39 bits per heavy atom. The zero-order chi connectivity index (χ0) is 13.5. The van der Waals surface area contributed by atoms with Gasteiger partial charge >= 0.3 is 0 Å². The van der Waals surface area contributed by atoms with Gasteiger partial charge < -0.3 is 20.4 Å². The number of rotatable bonds is 6. The molecule has 0 radical (unpaired) electrons. The van der Waals surface area contributed by atoms with Crippen LogP contribution in [0.2, 0.25) is 0 Å². The molecule has 0 atom stereocenters. The minimum absolute atomic E-state index is 0.0368. The summed E-state index contributed by atoms with van der Waals surface area (Å²) in [7, 11) is 0. The van der Waals surface area contributed by atoms with Crippen molar-refractivity contribution in [2.45, 2.75) is 26.9 Å². The molecule has 0 amide bonds. The van der Waals surface area contributed by atoms with E-state index < -0.39 is 0 Å². The van der Waals surface area contributed by atoms with E-state index in [1.807, 2.05) is 32.9 Å². The van der Waals surface area contributed by atoms with Gasteiger partial charge in [0, 0.05) is 0 Å². The molecule has 5 nitrogen and oxygen atoms in total. The first-order valence-corrected chi connectivity index (χ1v) is 5.87. The van der Waals surface area contributed by atoms with Crippen LogP contribution in [-0.2, 0) is 4.74 Å². The molecule has 1 rings (SSSR count). The molecule has 1 aromatic rings. The minimum atomic E-state index is 0.0368. The highest BCUT2D eigenvalue weighted by Crippen LogP contribution is 2.20. The zero-order valence-electron chi connectivity index (χ0n) is 11.0. The number of ether oxygens (including phenoxy) is 2. The molecule has 5 heteroatoms. The van der Waals surface area contributed by atoms with Gasteiger partial charge in [0.2, 0.25) is 0 Å². The molecule has 0 aliphatic heterocycles. The van der Waals surface area contributed by atoms with Crippen LogP contribution in [0.15, 0.2) is 23.4 Å². The Morgan fingerprint density at radius 2 is 2.11 bits per heavy atom. The molecule has 1 aromatic carbocycles. The molecule has 0 aliphatic carbocycles. The standard InChI is InChI=1S/C13H20N2O3/c1-9(2)17-6-7-18-12-8-10(3)4-5-11(12)13(14)15-16/h4-5,8-9,16H,6-7H2,1-3H3,(H2,14,15). The van der Waals surface area contributed by atoms with Gasteiger partial charge in [0.1, 0.15) is 12.4 Å². The van der Waals surface area contributed by atoms with Gasteiger partial charge in [-0.1, -0.05) is 11.2 Å². The van der Waals surface area contributed by atoms with Crippen LogP contribution >= 0.6 is 0 Å². The van der Waals surface area contributed by atoms with E-state index >= 15 is 0 Å². The highest BCUT2D eigenvalue weighted by molar-refractivity contribution is 5.99. The van der Waals surface area contributed by atoms with E-state index in [1.165, 1.54) is 0 Å². The topological polar surface area (TPSA) is 77.1 Å². The number of nitrogens with zero attached hydrogens (tertiary/aromatic N) is 1. The zero-order valence-corrected chi connectivity index (χ0v) is 11.0. The van der Waals surface area contributed by atoms with Crippen molar-refractivity contribution < 1.29 is 14.7 Å². The second-order valence-electron chi connectivity index (χ2n) is 4.25. The predicted octanol–water partition coefficient (Wildman–Crippen LogP) is 1.89. The molecule has 18 heavy (non-hydrogen) atoms. The first-order chi connectivity index (χ1) is 8.54. The fraction of sp³-hybridized carbons (Fsp3) is 0.462. The third-order valence-corrected chi connectivity index (χ3v) is 2.31. The molecule has 3 N–H and O–H groups in total. The number of hydrogen-bond acceptors (Lipinski definition) is 4. The second kappa shape index (κ2) is 6.86. The first-order valence-electron chi connectivity index (χ1n) is 5.87. The van der Waals surface area contributed by atoms with Crippen molar-refractivity contribution in [2.75, 3.05) is 13.2 Å². The Labute approximate surface area is 107 Å². The summed E-state index contributed by atoms with van der Waals surface area (Å²) in [6, 6.07) is 5.50. The maximum atomic E-state index is 8.71. The number of nitrogens with two attached hydrogens (primary N) is 1. The largest absolute Gasteiger partial charge is 0.490 e. The maximum absolute atomic E-state index is 8.71. The van der Waals surface area contributed by atoms with E-state index in [1.54, 1.807) is 6.07 Å². The summed E-state index contributed by atoms with van der Waals surface area (Å²) in [5.74, 6) is 0.632. The average molecular weight is 252 g/mol. The average Bonchev–Trinajstić information content (AvgIpc) is 2.33. The number of oxime groups is 1. The maximum Gasteiger partial charge on any atom is 0.173 e. The smallest absolute Gasteiger partial charge is 0.173 e. The number of hydrogen-bond donors (Lipinski definition) is 2. The van der Waals surface area contributed by atoms with Crippen molar-refractivity contribution >= 4 is 5.84 Å². The van der Waals surface area contributed by atoms with Gasteiger partial charge in [0.05, 0.1) is 18.3 Å². The van der Waals surface area contributed by atoms with E-state index in [0.717, 1.165) is 5.56 Å². The highest BCUT2D eigenvalue weighted by atomic mass is 16.5. The van der Waals surface area contributed by atoms with Crippen LogP contribution in [0.1, 0.15) is 25.0 Å². The van der Waals surface area contributed by atoms with Crippen molar-refractivity contribution in [1.82, 2.24) is 0 Å². The molecule has 0 unspecified atom stereocenters. The van der Waals surface area contributed by atoms with Crippen molar-refractivity contribution in [3.05, 3.63) is 29.3 Å². The van der Waals surface area contributed by atoms with Crippen LogP contribution < -0.4 is 10.5 Å². The summed E-state index contributed by atoms with van der Waals surface area (Å²) in [6.45, 7) is 6.81. The molecule has 0 fully saturated rings. The Kier molecular flexibility index (Phi) is 5.45. The van der Waals surface area contributed by atoms with Gasteiger partial charge in [-0.05, 0) is 38.5 Å². The second-order valence-corrected chi connectivity index (χ2v) is 4.25. The molecule has 100 valence electrons. The van der Waals surface area contributed by atoms with E-state index in [-0.39, 0.29) is 11.9 Å². The lowest BCUT2D eigenvalue weighted by Gasteiger charge is -2.12. The molecule has 0 aromatic heterocycles. The molecule has 0 aliphatic rings. The third kappa shape index (κ3) is 4.25. The van der Waals surface area contributed by atoms with Gasteiger partial charge in [-0.25, -0.2) is 0 Å². The Balaban J connectivity index is 2.71. The molecule has 0 spiro atoms. The van der Waals surface area contributed by atoms with Crippen molar-refractivity contribution in [3.63, 3.8) is 0 Å². The molecule has 0 bridgehead atoms. The number of aryl methyl sites for hydroxylation is 1. The van der Waals surface area contributed by atoms with E-state index in [9.17, 15) is 0 Å². The van der Waals surface area contributed by atoms with Crippen LogP contribution in [0.3, 0.4) is 0 Å². The van der Waals surface area contributed by atoms with Gasteiger partial charge in [0.15, 0.2) is 5.84 Å². The monoisotopic (exact) mass is 252 g/mol. The van der Waals surface area contributed by atoms with E-state index in [4.69, 9.17) is 20.4 Å². The van der Waals surface area contributed by atoms with Crippen molar-refractivity contribution in [3.8, 4) is 5.75 Å². The van der Waals surface area contributed by atoms with Crippen LogP contribution in [0, 0.1) is 6.92 Å². The normalized spacial score (nSPS) is 11.9. The van der Waals surface area contributed by atoms with Gasteiger partial charge in [-0.2, -0.15) is 0 Å². The Morgan fingerprint density at radius 3 is 2.72 bits per heavy atom. The van der Waals surface area contributed by atoms with Crippen molar-refractivity contribution in [2.24, 2.45) is 10.9 Å². The van der Waals surface area contributed by atoms with Gasteiger partial charge in [-0.3, -0.25) is 0 Å².